The first-order valence-corrected chi connectivity index (χ1v) is 14.0. The molecule has 218 valence electrons. The van der Waals surface area contributed by atoms with Crippen molar-refractivity contribution in [2.24, 2.45) is 34.5 Å². The number of hydroxylamine groups is 2. The molecule has 0 radical (unpaired) electrons. The molecule has 0 saturated heterocycles. The van der Waals surface area contributed by atoms with Gasteiger partial charge in [-0.25, -0.2) is 20.2 Å². The predicted molar refractivity (Wildman–Crippen MR) is 146 cm³/mol. The van der Waals surface area contributed by atoms with Gasteiger partial charge < -0.3 is 21.7 Å². The van der Waals surface area contributed by atoms with Crippen LogP contribution in [-0.2, 0) is 14.4 Å². The molecule has 1 aromatic heterocycles. The van der Waals surface area contributed by atoms with Gasteiger partial charge in [-0.1, -0.05) is 46.5 Å². The second-order valence-electron chi connectivity index (χ2n) is 10.4. The quantitative estimate of drug-likeness (QED) is 0.0399. The number of anilines is 1. The van der Waals surface area contributed by atoms with Crippen molar-refractivity contribution in [2.75, 3.05) is 11.9 Å². The Hall–Kier alpha value is -3.33. The third-order valence-electron chi connectivity index (χ3n) is 7.03. The Balaban J connectivity index is 2.20. The fourth-order valence-electron chi connectivity index (χ4n) is 5.02. The molecule has 0 aliphatic heterocycles. The molecule has 2 rings (SSSR count). The zero-order valence-electron chi connectivity index (χ0n) is 22.6. The number of guanidine groups is 1. The van der Waals surface area contributed by atoms with E-state index in [0.29, 0.717) is 35.4 Å². The van der Waals surface area contributed by atoms with E-state index in [4.69, 9.17) is 5.73 Å². The lowest BCUT2D eigenvalue weighted by atomic mass is 9.75. The van der Waals surface area contributed by atoms with Crippen molar-refractivity contribution in [2.45, 2.75) is 77.8 Å². The molecule has 1 heterocycles. The van der Waals surface area contributed by atoms with E-state index in [0.717, 1.165) is 25.7 Å². The number of aromatic nitrogens is 1. The summed E-state index contributed by atoms with van der Waals surface area (Å²) in [5.41, 5.74) is 5.45. The summed E-state index contributed by atoms with van der Waals surface area (Å²) in [6.07, 6.45) is 6.84. The van der Waals surface area contributed by atoms with E-state index < -0.39 is 34.8 Å². The molecule has 1 saturated carbocycles. The van der Waals surface area contributed by atoms with E-state index in [1.54, 1.807) is 11.6 Å². The summed E-state index contributed by atoms with van der Waals surface area (Å²) in [5.74, 6) is -1.37. The number of nitrogens with one attached hydrogen (secondary N) is 3. The second kappa shape index (κ2) is 15.9. The van der Waals surface area contributed by atoms with Crippen molar-refractivity contribution in [1.29, 1.82) is 0 Å². The Morgan fingerprint density at radius 1 is 1.33 bits per heavy atom. The van der Waals surface area contributed by atoms with Gasteiger partial charge in [0.25, 0.3) is 5.96 Å². The van der Waals surface area contributed by atoms with E-state index in [-0.39, 0.29) is 30.8 Å². The van der Waals surface area contributed by atoms with Crippen LogP contribution < -0.4 is 21.7 Å². The molecule has 6 N–H and O–H groups in total. The van der Waals surface area contributed by atoms with Crippen LogP contribution in [0.3, 0.4) is 0 Å². The highest BCUT2D eigenvalue weighted by Crippen LogP contribution is 2.35. The topological polar surface area (TPSA) is 205 Å². The lowest BCUT2D eigenvalue weighted by molar-refractivity contribution is -0.485. The van der Waals surface area contributed by atoms with E-state index >= 15 is 0 Å². The van der Waals surface area contributed by atoms with E-state index in [2.05, 4.69) is 33.0 Å². The third-order valence-corrected chi connectivity index (χ3v) is 7.72. The minimum Gasteiger partial charge on any atom is -0.365 e. The summed E-state index contributed by atoms with van der Waals surface area (Å²) >= 11 is 1.23. The zero-order chi connectivity index (χ0) is 28.9. The number of nitro groups is 1. The van der Waals surface area contributed by atoms with Crippen molar-refractivity contribution in [3.63, 3.8) is 0 Å². The Labute approximate surface area is 231 Å². The van der Waals surface area contributed by atoms with Crippen LogP contribution in [-0.4, -0.2) is 63.1 Å². The fourth-order valence-corrected chi connectivity index (χ4v) is 5.55. The van der Waals surface area contributed by atoms with Crippen LogP contribution in [0.2, 0.25) is 0 Å². The number of hydrogen-bond acceptors (Lipinski definition) is 8. The molecule has 0 spiro atoms. The van der Waals surface area contributed by atoms with E-state index in [1.807, 2.05) is 13.8 Å². The van der Waals surface area contributed by atoms with Gasteiger partial charge >= 0.3 is 0 Å². The van der Waals surface area contributed by atoms with Crippen LogP contribution in [0.1, 0.15) is 65.7 Å². The molecular formula is C24H40N8O6S. The predicted octanol–water partition coefficient (Wildman–Crippen LogP) is 2.15. The Kier molecular flexibility index (Phi) is 13.0. The first-order valence-electron chi connectivity index (χ1n) is 13.2. The number of hydrazone groups is 1. The molecule has 0 unspecified atom stereocenters. The maximum Gasteiger partial charge on any atom is 0.266 e. The highest BCUT2D eigenvalue weighted by atomic mass is 32.1. The summed E-state index contributed by atoms with van der Waals surface area (Å²) in [7, 11) is 0. The van der Waals surface area contributed by atoms with Gasteiger partial charge in [0.15, 0.2) is 10.2 Å². The van der Waals surface area contributed by atoms with Crippen LogP contribution in [0.5, 0.6) is 0 Å². The van der Waals surface area contributed by atoms with Crippen molar-refractivity contribution in [3.8, 4) is 0 Å². The standard InChI is InChI=1S/C24H40N8O6S/c1-15(2)20(31(36)14-33)18(13-17-8-6-16(3)7-9-17)21(34)28-19(22(35)29-24-27-11-12-39-24)5-4-10-26-23(25)30-32(37)38/h11-12,14-20,36H,4-10,13H2,1-3H3,(H,28,34)(H3,25,26,30)(H,27,29,35)/t16?,17?,18-,19+,20+/m1/s1. The number of nitrogens with two attached hydrogens (primary N) is 1. The third kappa shape index (κ3) is 10.8. The normalized spacial score (nSPS) is 20.0. The van der Waals surface area contributed by atoms with E-state index in [9.17, 15) is 29.7 Å². The molecule has 14 nitrogen and oxygen atoms in total. The molecule has 1 aromatic rings. The number of hydrogen-bond donors (Lipinski definition) is 5. The van der Waals surface area contributed by atoms with Crippen LogP contribution in [0.15, 0.2) is 16.7 Å². The molecule has 0 aromatic carbocycles. The van der Waals surface area contributed by atoms with Gasteiger partial charge in [0.1, 0.15) is 11.1 Å². The number of nitrogens with zero attached hydrogens (tertiary/aromatic N) is 4. The number of carbonyl (C=O) groups excluding carboxylic acids is 3. The molecule has 1 aliphatic carbocycles. The van der Waals surface area contributed by atoms with E-state index in [1.165, 1.54) is 11.3 Å². The fraction of sp³-hybridized carbons (Fsp3) is 0.708. The average molecular weight is 569 g/mol. The van der Waals surface area contributed by atoms with Crippen molar-refractivity contribution < 1.29 is 24.6 Å². The summed E-state index contributed by atoms with van der Waals surface area (Å²) in [4.78, 5) is 52.9. The minimum atomic E-state index is -0.970. The van der Waals surface area contributed by atoms with Gasteiger partial charge in [-0.15, -0.1) is 11.3 Å². The molecule has 3 amide bonds. The molecule has 1 fully saturated rings. The monoisotopic (exact) mass is 568 g/mol. The van der Waals surface area contributed by atoms with Gasteiger partial charge in [-0.3, -0.25) is 19.6 Å². The smallest absolute Gasteiger partial charge is 0.266 e. The lowest BCUT2D eigenvalue weighted by Gasteiger charge is -2.37. The van der Waals surface area contributed by atoms with Crippen molar-refractivity contribution in [1.82, 2.24) is 20.7 Å². The van der Waals surface area contributed by atoms with Crippen molar-refractivity contribution >= 4 is 40.7 Å². The Morgan fingerprint density at radius 3 is 2.59 bits per heavy atom. The van der Waals surface area contributed by atoms with Crippen LogP contribution >= 0.6 is 11.3 Å². The molecule has 15 heteroatoms. The molecule has 0 bridgehead atoms. The number of thiazole rings is 1. The first kappa shape index (κ1) is 31.9. The SMILES string of the molecule is CC1CCC(C[C@@H](C(=O)N[C@@H](CCCN/C(N)=N/[N+](=O)[O-])C(=O)Nc2nccs2)[C@H](C(C)C)N(O)C=O)CC1. The Bertz CT molecular complexity index is 968. The summed E-state index contributed by atoms with van der Waals surface area (Å²) in [6.45, 7) is 6.04. The minimum absolute atomic E-state index is 0.175. The highest BCUT2D eigenvalue weighted by molar-refractivity contribution is 7.13. The molecule has 3 atom stereocenters. The number of carbonyl (C=O) groups is 3. The summed E-state index contributed by atoms with van der Waals surface area (Å²) in [6, 6.07) is -1.74. The zero-order valence-corrected chi connectivity index (χ0v) is 23.4. The maximum absolute atomic E-state index is 13.7. The van der Waals surface area contributed by atoms with Crippen LogP contribution in [0.25, 0.3) is 0 Å². The van der Waals surface area contributed by atoms with Gasteiger partial charge in [0, 0.05) is 18.1 Å². The van der Waals surface area contributed by atoms with Crippen molar-refractivity contribution in [3.05, 3.63) is 21.7 Å². The molecular weight excluding hydrogens is 528 g/mol. The number of rotatable bonds is 15. The van der Waals surface area contributed by atoms with Gasteiger partial charge in [-0.2, -0.15) is 0 Å². The van der Waals surface area contributed by atoms with Gasteiger partial charge in [0.05, 0.1) is 12.0 Å². The Morgan fingerprint density at radius 2 is 2.03 bits per heavy atom. The summed E-state index contributed by atoms with van der Waals surface area (Å²) in [5, 5.41) is 33.7. The first-order chi connectivity index (χ1) is 18.5. The maximum atomic E-state index is 13.7. The highest BCUT2D eigenvalue weighted by Gasteiger charge is 2.38. The van der Waals surface area contributed by atoms with Crippen LogP contribution in [0.4, 0.5) is 5.13 Å². The molecule has 1 aliphatic rings. The van der Waals surface area contributed by atoms with Gasteiger partial charge in [-0.05, 0) is 37.0 Å². The van der Waals surface area contributed by atoms with Gasteiger partial charge in [0.2, 0.25) is 18.2 Å². The van der Waals surface area contributed by atoms with Crippen LogP contribution in [0, 0.1) is 33.8 Å². The average Bonchev–Trinajstić information content (AvgIpc) is 3.38. The number of amides is 3. The molecule has 39 heavy (non-hydrogen) atoms. The second-order valence-corrected chi connectivity index (χ2v) is 11.3. The largest absolute Gasteiger partial charge is 0.365 e. The lowest BCUT2D eigenvalue weighted by Crippen LogP contribution is -2.53. The summed E-state index contributed by atoms with van der Waals surface area (Å²) < 4.78 is 0.